The van der Waals surface area contributed by atoms with Crippen LogP contribution in [0.15, 0.2) is 24.3 Å². The number of hydrogen-bond acceptors (Lipinski definition) is 3. The maximum atomic E-state index is 10.7. The second-order valence-electron chi connectivity index (χ2n) is 4.78. The van der Waals surface area contributed by atoms with E-state index in [0.717, 1.165) is 24.9 Å². The lowest BCUT2D eigenvalue weighted by atomic mass is 9.98. The molecule has 1 amide bonds. The highest BCUT2D eigenvalue weighted by Gasteiger charge is 2.20. The minimum atomic E-state index is -0.720. The van der Waals surface area contributed by atoms with Gasteiger partial charge in [-0.25, -0.2) is 4.79 Å². The summed E-state index contributed by atoms with van der Waals surface area (Å²) in [6.07, 6.45) is 1.93. The van der Waals surface area contributed by atoms with E-state index >= 15 is 0 Å². The Balaban J connectivity index is 2.37. The van der Waals surface area contributed by atoms with E-state index in [0.29, 0.717) is 0 Å². The van der Waals surface area contributed by atoms with Gasteiger partial charge in [0.1, 0.15) is 5.60 Å². The zero-order chi connectivity index (χ0) is 12.9. The van der Waals surface area contributed by atoms with E-state index in [-0.39, 0.29) is 0 Å². The van der Waals surface area contributed by atoms with Gasteiger partial charge < -0.3 is 16.2 Å². The smallest absolute Gasteiger partial charge is 0.405 e. The third-order valence-electron chi connectivity index (χ3n) is 2.60. The van der Waals surface area contributed by atoms with Gasteiger partial charge in [-0.15, -0.1) is 0 Å². The van der Waals surface area contributed by atoms with Crippen LogP contribution in [0.3, 0.4) is 0 Å². The summed E-state index contributed by atoms with van der Waals surface area (Å²) in [5.41, 5.74) is 12.1. The van der Waals surface area contributed by atoms with Crippen molar-refractivity contribution in [2.24, 2.45) is 5.73 Å². The number of carbonyl (C=O) groups is 1. The summed E-state index contributed by atoms with van der Waals surface area (Å²) in [4.78, 5) is 10.7. The first-order chi connectivity index (χ1) is 7.89. The Morgan fingerprint density at radius 3 is 2.41 bits per heavy atom. The van der Waals surface area contributed by atoms with Crippen LogP contribution in [0, 0.1) is 0 Å². The Morgan fingerprint density at radius 1 is 1.29 bits per heavy atom. The Morgan fingerprint density at radius 2 is 1.88 bits per heavy atom. The molecule has 0 heterocycles. The number of rotatable bonds is 5. The molecule has 17 heavy (non-hydrogen) atoms. The van der Waals surface area contributed by atoms with Crippen LogP contribution in [0.25, 0.3) is 0 Å². The molecule has 94 valence electrons. The van der Waals surface area contributed by atoms with Crippen molar-refractivity contribution in [3.63, 3.8) is 0 Å². The first kappa shape index (κ1) is 13.4. The van der Waals surface area contributed by atoms with Crippen LogP contribution in [-0.4, -0.2) is 11.7 Å². The first-order valence-electron chi connectivity index (χ1n) is 5.72. The maximum Gasteiger partial charge on any atom is 0.405 e. The van der Waals surface area contributed by atoms with Crippen molar-refractivity contribution in [2.75, 3.05) is 5.73 Å². The lowest BCUT2D eigenvalue weighted by Gasteiger charge is -2.23. The zero-order valence-electron chi connectivity index (χ0n) is 10.4. The minimum absolute atomic E-state index is 0.500. The molecule has 0 fully saturated rings. The molecular formula is C13H20N2O2. The number of nitrogens with two attached hydrogens (primary N) is 2. The highest BCUT2D eigenvalue weighted by atomic mass is 16.6. The normalized spacial score (nSPS) is 11.2. The molecule has 1 aromatic carbocycles. The second-order valence-corrected chi connectivity index (χ2v) is 4.78. The van der Waals surface area contributed by atoms with Crippen molar-refractivity contribution in [3.05, 3.63) is 29.8 Å². The Hall–Kier alpha value is -1.71. The molecule has 0 saturated carbocycles. The van der Waals surface area contributed by atoms with Gasteiger partial charge in [-0.3, -0.25) is 0 Å². The highest BCUT2D eigenvalue weighted by molar-refractivity contribution is 5.65. The number of nitrogen functional groups attached to an aromatic ring is 1. The van der Waals surface area contributed by atoms with Crippen molar-refractivity contribution in [1.29, 1.82) is 0 Å². The number of hydrogen-bond donors (Lipinski definition) is 2. The third-order valence-corrected chi connectivity index (χ3v) is 2.60. The van der Waals surface area contributed by atoms with Crippen molar-refractivity contribution in [2.45, 2.75) is 38.7 Å². The molecule has 0 saturated heterocycles. The van der Waals surface area contributed by atoms with Gasteiger partial charge in [0.25, 0.3) is 0 Å². The van der Waals surface area contributed by atoms with E-state index in [1.54, 1.807) is 0 Å². The van der Waals surface area contributed by atoms with Crippen LogP contribution in [0.4, 0.5) is 10.5 Å². The zero-order valence-corrected chi connectivity index (χ0v) is 10.4. The van der Waals surface area contributed by atoms with Crippen LogP contribution in [0.2, 0.25) is 0 Å². The van der Waals surface area contributed by atoms with Crippen molar-refractivity contribution in [1.82, 2.24) is 0 Å². The number of amides is 1. The molecule has 4 N–H and O–H groups in total. The molecule has 4 heteroatoms. The Labute approximate surface area is 102 Å². The van der Waals surface area contributed by atoms with E-state index in [1.165, 1.54) is 5.56 Å². The van der Waals surface area contributed by atoms with E-state index in [9.17, 15) is 4.79 Å². The number of benzene rings is 1. The van der Waals surface area contributed by atoms with Crippen molar-refractivity contribution < 1.29 is 9.53 Å². The SMILES string of the molecule is CC(C)(CCCc1ccc(N)cc1)OC(N)=O. The average Bonchev–Trinajstić information content (AvgIpc) is 2.18. The fraction of sp³-hybridized carbons (Fsp3) is 0.462. The molecule has 1 aromatic rings. The Kier molecular flexibility index (Phi) is 4.37. The topological polar surface area (TPSA) is 78.3 Å². The summed E-state index contributed by atoms with van der Waals surface area (Å²) < 4.78 is 5.01. The molecule has 0 aromatic heterocycles. The van der Waals surface area contributed by atoms with Gasteiger partial charge in [0.05, 0.1) is 0 Å². The molecule has 0 atom stereocenters. The van der Waals surface area contributed by atoms with Crippen LogP contribution in [-0.2, 0) is 11.2 Å². The standard InChI is InChI=1S/C13H20N2O2/c1-13(2,17-12(15)16)9-3-4-10-5-7-11(14)8-6-10/h5-8H,3-4,9,14H2,1-2H3,(H2,15,16). The quantitative estimate of drug-likeness (QED) is 0.771. The number of anilines is 1. The number of aryl methyl sites for hydroxylation is 1. The summed E-state index contributed by atoms with van der Waals surface area (Å²) in [6.45, 7) is 3.72. The van der Waals surface area contributed by atoms with Crippen LogP contribution in [0.1, 0.15) is 32.3 Å². The van der Waals surface area contributed by atoms with Crippen molar-refractivity contribution >= 4 is 11.8 Å². The fourth-order valence-electron chi connectivity index (χ4n) is 1.73. The first-order valence-corrected chi connectivity index (χ1v) is 5.72. The molecule has 0 radical (unpaired) electrons. The van der Waals surface area contributed by atoms with Gasteiger partial charge >= 0.3 is 6.09 Å². The molecular weight excluding hydrogens is 216 g/mol. The van der Waals surface area contributed by atoms with Gasteiger partial charge in [0.2, 0.25) is 0 Å². The van der Waals surface area contributed by atoms with E-state index < -0.39 is 11.7 Å². The highest BCUT2D eigenvalue weighted by Crippen LogP contribution is 2.18. The average molecular weight is 236 g/mol. The second kappa shape index (κ2) is 5.57. The number of carbonyl (C=O) groups excluding carboxylic acids is 1. The Bertz CT molecular complexity index is 372. The lowest BCUT2D eigenvalue weighted by molar-refractivity contribution is 0.0378. The monoisotopic (exact) mass is 236 g/mol. The van der Waals surface area contributed by atoms with Gasteiger partial charge in [0.15, 0.2) is 0 Å². The lowest BCUT2D eigenvalue weighted by Crippen LogP contribution is -2.31. The summed E-state index contributed by atoms with van der Waals surface area (Å²) in [6, 6.07) is 7.80. The molecule has 0 unspecified atom stereocenters. The minimum Gasteiger partial charge on any atom is -0.444 e. The molecule has 0 aliphatic heterocycles. The number of primary amides is 1. The fourth-order valence-corrected chi connectivity index (χ4v) is 1.73. The molecule has 0 aliphatic rings. The van der Waals surface area contributed by atoms with Crippen molar-refractivity contribution in [3.8, 4) is 0 Å². The predicted molar refractivity (Wildman–Crippen MR) is 68.5 cm³/mol. The summed E-state index contributed by atoms with van der Waals surface area (Å²) in [5.74, 6) is 0. The third kappa shape index (κ3) is 5.24. The van der Waals surface area contributed by atoms with Gasteiger partial charge in [-0.1, -0.05) is 12.1 Å². The van der Waals surface area contributed by atoms with Gasteiger partial charge in [-0.05, 0) is 50.8 Å². The van der Waals surface area contributed by atoms with E-state index in [4.69, 9.17) is 16.2 Å². The molecule has 0 spiro atoms. The number of ether oxygens (including phenoxy) is 1. The van der Waals surface area contributed by atoms with E-state index in [2.05, 4.69) is 0 Å². The van der Waals surface area contributed by atoms with Gasteiger partial charge in [0, 0.05) is 5.69 Å². The summed E-state index contributed by atoms with van der Waals surface area (Å²) in [5, 5.41) is 0. The van der Waals surface area contributed by atoms with E-state index in [1.807, 2.05) is 38.1 Å². The van der Waals surface area contributed by atoms with Crippen LogP contribution >= 0.6 is 0 Å². The molecule has 0 aliphatic carbocycles. The summed E-state index contributed by atoms with van der Waals surface area (Å²) in [7, 11) is 0. The molecule has 4 nitrogen and oxygen atoms in total. The largest absolute Gasteiger partial charge is 0.444 e. The summed E-state index contributed by atoms with van der Waals surface area (Å²) >= 11 is 0. The van der Waals surface area contributed by atoms with Crippen LogP contribution in [0.5, 0.6) is 0 Å². The predicted octanol–water partition coefficient (Wildman–Crippen LogP) is 2.47. The molecule has 1 rings (SSSR count). The maximum absolute atomic E-state index is 10.7. The molecule has 0 bridgehead atoms. The van der Waals surface area contributed by atoms with Gasteiger partial charge in [-0.2, -0.15) is 0 Å². The van der Waals surface area contributed by atoms with Crippen LogP contribution < -0.4 is 11.5 Å².